The number of ether oxygens (including phenoxy) is 1. The molecule has 0 saturated heterocycles. The van der Waals surface area contributed by atoms with Crippen molar-refractivity contribution in [1.82, 2.24) is 9.55 Å². The van der Waals surface area contributed by atoms with Gasteiger partial charge in [-0.2, -0.15) is 0 Å². The molecule has 4 nitrogen and oxygen atoms in total. The Labute approximate surface area is 152 Å². The summed E-state index contributed by atoms with van der Waals surface area (Å²) in [7, 11) is 0. The Morgan fingerprint density at radius 2 is 1.88 bits per heavy atom. The Bertz CT molecular complexity index is 871. The predicted molar refractivity (Wildman–Crippen MR) is 103 cm³/mol. The van der Waals surface area contributed by atoms with Crippen LogP contribution in [-0.2, 0) is 6.54 Å². The lowest BCUT2D eigenvalue weighted by Crippen LogP contribution is -2.14. The lowest BCUT2D eigenvalue weighted by atomic mass is 10.1. The van der Waals surface area contributed by atoms with Crippen LogP contribution >= 0.6 is 11.8 Å². The van der Waals surface area contributed by atoms with Crippen molar-refractivity contribution in [3.05, 3.63) is 54.1 Å². The van der Waals surface area contributed by atoms with Crippen LogP contribution in [0.5, 0.6) is 5.75 Å². The third kappa shape index (κ3) is 3.71. The van der Waals surface area contributed by atoms with E-state index in [4.69, 9.17) is 9.72 Å². The maximum Gasteiger partial charge on any atom is 0.175 e. The van der Waals surface area contributed by atoms with E-state index in [0.29, 0.717) is 12.2 Å². The second kappa shape index (κ2) is 7.74. The number of benzene rings is 2. The van der Waals surface area contributed by atoms with Gasteiger partial charge in [-0.3, -0.25) is 4.79 Å². The molecule has 2 aromatic carbocycles. The maximum atomic E-state index is 12.7. The fraction of sp³-hybridized carbons (Fsp3) is 0.300. The van der Waals surface area contributed by atoms with Gasteiger partial charge in [0.1, 0.15) is 5.75 Å². The summed E-state index contributed by atoms with van der Waals surface area (Å²) < 4.78 is 7.59. The third-order valence-corrected chi connectivity index (χ3v) is 5.13. The highest BCUT2D eigenvalue weighted by Crippen LogP contribution is 2.29. The summed E-state index contributed by atoms with van der Waals surface area (Å²) in [6, 6.07) is 15.4. The molecule has 0 aliphatic rings. The molecule has 25 heavy (non-hydrogen) atoms. The number of fused-ring (bicyclic) bond motifs is 1. The molecule has 0 unspecified atom stereocenters. The summed E-state index contributed by atoms with van der Waals surface area (Å²) in [6.07, 6.45) is 0. The van der Waals surface area contributed by atoms with Gasteiger partial charge < -0.3 is 9.30 Å². The van der Waals surface area contributed by atoms with Crippen LogP contribution in [0, 0.1) is 0 Å². The third-order valence-electron chi connectivity index (χ3n) is 4.04. The van der Waals surface area contributed by atoms with Gasteiger partial charge in [-0.05, 0) is 57.2 Å². The maximum absolute atomic E-state index is 12.7. The standard InChI is InChI=1S/C20H22N2O2S/c1-4-22-18-9-7-6-8-17(18)21-20(22)25-14(3)19(23)15-10-12-16(13-11-15)24-5-2/h6-14H,4-5H2,1-3H3/t14-/m1/s1. The van der Waals surface area contributed by atoms with E-state index in [0.717, 1.165) is 28.5 Å². The van der Waals surface area contributed by atoms with Crippen LogP contribution in [0.3, 0.4) is 0 Å². The quantitative estimate of drug-likeness (QED) is 0.451. The van der Waals surface area contributed by atoms with Gasteiger partial charge in [0.25, 0.3) is 0 Å². The van der Waals surface area contributed by atoms with Gasteiger partial charge in [0.05, 0.1) is 22.9 Å². The number of rotatable bonds is 7. The number of aromatic nitrogens is 2. The Morgan fingerprint density at radius 3 is 2.56 bits per heavy atom. The number of para-hydroxylation sites is 2. The minimum Gasteiger partial charge on any atom is -0.494 e. The molecule has 1 heterocycles. The van der Waals surface area contributed by atoms with E-state index in [9.17, 15) is 4.79 Å². The first-order chi connectivity index (χ1) is 12.1. The number of hydrogen-bond acceptors (Lipinski definition) is 4. The second-order valence-electron chi connectivity index (χ2n) is 5.71. The van der Waals surface area contributed by atoms with Crippen molar-refractivity contribution < 1.29 is 9.53 Å². The normalized spacial score (nSPS) is 12.3. The zero-order valence-electron chi connectivity index (χ0n) is 14.7. The van der Waals surface area contributed by atoms with E-state index >= 15 is 0 Å². The minimum absolute atomic E-state index is 0.0998. The van der Waals surface area contributed by atoms with E-state index in [1.54, 1.807) is 0 Å². The molecule has 0 spiro atoms. The summed E-state index contributed by atoms with van der Waals surface area (Å²) in [5.74, 6) is 0.884. The number of aryl methyl sites for hydroxylation is 1. The predicted octanol–water partition coefficient (Wildman–Crippen LogP) is 4.82. The lowest BCUT2D eigenvalue weighted by molar-refractivity contribution is 0.0994. The zero-order chi connectivity index (χ0) is 17.8. The van der Waals surface area contributed by atoms with E-state index < -0.39 is 0 Å². The van der Waals surface area contributed by atoms with E-state index in [1.165, 1.54) is 11.8 Å². The first kappa shape index (κ1) is 17.5. The molecule has 0 aliphatic carbocycles. The smallest absolute Gasteiger partial charge is 0.175 e. The van der Waals surface area contributed by atoms with Crippen LogP contribution in [0.25, 0.3) is 11.0 Å². The van der Waals surface area contributed by atoms with E-state index in [-0.39, 0.29) is 11.0 Å². The Kier molecular flexibility index (Phi) is 5.43. The number of thioether (sulfide) groups is 1. The first-order valence-corrected chi connectivity index (χ1v) is 9.41. The van der Waals surface area contributed by atoms with Gasteiger partial charge in [-0.15, -0.1) is 0 Å². The molecule has 5 heteroatoms. The lowest BCUT2D eigenvalue weighted by Gasteiger charge is -2.12. The summed E-state index contributed by atoms with van der Waals surface area (Å²) in [4.78, 5) is 17.4. The first-order valence-electron chi connectivity index (χ1n) is 8.53. The van der Waals surface area contributed by atoms with Crippen molar-refractivity contribution in [2.45, 2.75) is 37.7 Å². The molecule has 0 bridgehead atoms. The van der Waals surface area contributed by atoms with Gasteiger partial charge in [0.15, 0.2) is 10.9 Å². The topological polar surface area (TPSA) is 44.1 Å². The molecule has 130 valence electrons. The highest BCUT2D eigenvalue weighted by molar-refractivity contribution is 8.00. The molecule has 1 atom stereocenters. The van der Waals surface area contributed by atoms with Gasteiger partial charge in [-0.1, -0.05) is 23.9 Å². The fourth-order valence-corrected chi connectivity index (χ4v) is 3.84. The zero-order valence-corrected chi connectivity index (χ0v) is 15.5. The number of carbonyl (C=O) groups is 1. The SMILES string of the molecule is CCOc1ccc(C(=O)[C@@H](C)Sc2nc3ccccc3n2CC)cc1. The van der Waals surface area contributed by atoms with Crippen molar-refractivity contribution in [3.63, 3.8) is 0 Å². The Morgan fingerprint density at radius 1 is 1.16 bits per heavy atom. The monoisotopic (exact) mass is 354 g/mol. The molecule has 1 aromatic heterocycles. The van der Waals surface area contributed by atoms with Crippen molar-refractivity contribution in [2.75, 3.05) is 6.61 Å². The summed E-state index contributed by atoms with van der Waals surface area (Å²) >= 11 is 1.51. The molecule has 3 aromatic rings. The van der Waals surface area contributed by atoms with Gasteiger partial charge in [0, 0.05) is 12.1 Å². The van der Waals surface area contributed by atoms with Crippen molar-refractivity contribution in [1.29, 1.82) is 0 Å². The largest absolute Gasteiger partial charge is 0.494 e. The fourth-order valence-electron chi connectivity index (χ4n) is 2.78. The average Bonchev–Trinajstić information content (AvgIpc) is 2.99. The molecular formula is C20H22N2O2S. The van der Waals surface area contributed by atoms with Crippen LogP contribution in [0.4, 0.5) is 0 Å². The highest BCUT2D eigenvalue weighted by atomic mass is 32.2. The van der Waals surface area contributed by atoms with Crippen molar-refractivity contribution >= 4 is 28.6 Å². The van der Waals surface area contributed by atoms with Crippen LogP contribution in [0.1, 0.15) is 31.1 Å². The summed E-state index contributed by atoms with van der Waals surface area (Å²) in [6.45, 7) is 7.41. The number of imidazole rings is 1. The minimum atomic E-state index is -0.208. The van der Waals surface area contributed by atoms with E-state index in [2.05, 4.69) is 17.6 Å². The Balaban J connectivity index is 1.79. The van der Waals surface area contributed by atoms with Gasteiger partial charge >= 0.3 is 0 Å². The van der Waals surface area contributed by atoms with Crippen LogP contribution < -0.4 is 4.74 Å². The molecule has 0 saturated carbocycles. The molecule has 0 radical (unpaired) electrons. The number of carbonyl (C=O) groups excluding carboxylic acids is 1. The average molecular weight is 354 g/mol. The van der Waals surface area contributed by atoms with Crippen LogP contribution in [-0.4, -0.2) is 27.2 Å². The molecular weight excluding hydrogens is 332 g/mol. The Hall–Kier alpha value is -2.27. The molecule has 0 fully saturated rings. The van der Waals surface area contributed by atoms with E-state index in [1.807, 2.05) is 56.3 Å². The second-order valence-corrected chi connectivity index (χ2v) is 7.02. The number of ketones is 1. The van der Waals surface area contributed by atoms with Gasteiger partial charge in [0.2, 0.25) is 0 Å². The van der Waals surface area contributed by atoms with Crippen LogP contribution in [0.15, 0.2) is 53.7 Å². The number of nitrogens with zero attached hydrogens (tertiary/aromatic N) is 2. The molecule has 0 amide bonds. The van der Waals surface area contributed by atoms with Gasteiger partial charge in [-0.25, -0.2) is 4.98 Å². The number of Topliss-reactive ketones (excluding diaryl/α,β-unsaturated/α-hetero) is 1. The van der Waals surface area contributed by atoms with Crippen molar-refractivity contribution in [3.8, 4) is 5.75 Å². The summed E-state index contributed by atoms with van der Waals surface area (Å²) in [5, 5.41) is 0.676. The molecule has 0 aliphatic heterocycles. The number of hydrogen-bond donors (Lipinski definition) is 0. The van der Waals surface area contributed by atoms with Crippen LogP contribution in [0.2, 0.25) is 0 Å². The summed E-state index contributed by atoms with van der Waals surface area (Å²) in [5.41, 5.74) is 2.77. The molecule has 0 N–H and O–H groups in total. The molecule has 3 rings (SSSR count). The van der Waals surface area contributed by atoms with Crippen molar-refractivity contribution in [2.24, 2.45) is 0 Å². The highest BCUT2D eigenvalue weighted by Gasteiger charge is 2.20.